The average Bonchev–Trinajstić information content (AvgIpc) is 2.97. The lowest BCUT2D eigenvalue weighted by molar-refractivity contribution is -0.143. The second kappa shape index (κ2) is 8.76. The molecule has 8 nitrogen and oxygen atoms in total. The fourth-order valence-electron chi connectivity index (χ4n) is 3.47. The Labute approximate surface area is 173 Å². The first-order valence-electron chi connectivity index (χ1n) is 9.51. The predicted molar refractivity (Wildman–Crippen MR) is 111 cm³/mol. The maximum atomic E-state index is 12.9. The van der Waals surface area contributed by atoms with Gasteiger partial charge < -0.3 is 9.30 Å². The Morgan fingerprint density at radius 1 is 1.31 bits per heavy atom. The molecule has 0 radical (unpaired) electrons. The van der Waals surface area contributed by atoms with Gasteiger partial charge in [0.2, 0.25) is 10.0 Å². The summed E-state index contributed by atoms with van der Waals surface area (Å²) in [7, 11) is -3.50. The number of hydrogen-bond donors (Lipinski definition) is 0. The summed E-state index contributed by atoms with van der Waals surface area (Å²) in [6.45, 7) is 4.21. The van der Waals surface area contributed by atoms with Gasteiger partial charge in [-0.05, 0) is 44.4 Å². The van der Waals surface area contributed by atoms with Crippen LogP contribution in [0, 0.1) is 6.92 Å². The highest BCUT2D eigenvalue weighted by molar-refractivity contribution is 7.88. The molecule has 1 aliphatic heterocycles. The Morgan fingerprint density at radius 3 is 2.76 bits per heavy atom. The first-order chi connectivity index (χ1) is 13.7. The van der Waals surface area contributed by atoms with Gasteiger partial charge >= 0.3 is 5.97 Å². The van der Waals surface area contributed by atoms with Crippen molar-refractivity contribution in [2.24, 2.45) is 4.99 Å². The molecule has 1 amide bonds. The molecule has 29 heavy (non-hydrogen) atoms. The van der Waals surface area contributed by atoms with Crippen LogP contribution < -0.4 is 4.80 Å². The van der Waals surface area contributed by atoms with Crippen LogP contribution in [-0.4, -0.2) is 54.6 Å². The lowest BCUT2D eigenvalue weighted by Gasteiger charge is -2.31. The zero-order chi connectivity index (χ0) is 21.2. The topological polar surface area (TPSA) is 98.0 Å². The minimum absolute atomic E-state index is 0.0660. The molecule has 3 rings (SSSR count). The summed E-state index contributed by atoms with van der Waals surface area (Å²) >= 11 is 1.30. The highest BCUT2D eigenvalue weighted by Gasteiger charge is 2.34. The maximum Gasteiger partial charge on any atom is 0.326 e. The van der Waals surface area contributed by atoms with Gasteiger partial charge in [-0.3, -0.25) is 9.59 Å². The third kappa shape index (κ3) is 4.93. The zero-order valence-electron chi connectivity index (χ0n) is 16.8. The molecule has 1 saturated heterocycles. The van der Waals surface area contributed by atoms with E-state index in [9.17, 15) is 18.0 Å². The van der Waals surface area contributed by atoms with Crippen molar-refractivity contribution in [3.8, 4) is 0 Å². The third-order valence-corrected chi connectivity index (χ3v) is 7.13. The molecule has 1 atom stereocenters. The van der Waals surface area contributed by atoms with Gasteiger partial charge in [0, 0.05) is 6.54 Å². The second-order valence-corrected chi connectivity index (χ2v) is 10.0. The van der Waals surface area contributed by atoms with E-state index in [1.165, 1.54) is 15.6 Å². The largest absolute Gasteiger partial charge is 0.465 e. The van der Waals surface area contributed by atoms with Crippen LogP contribution in [0.4, 0.5) is 0 Å². The molecule has 1 aromatic heterocycles. The molecule has 1 fully saturated rings. The number of rotatable bonds is 5. The Kier molecular flexibility index (Phi) is 6.55. The van der Waals surface area contributed by atoms with Gasteiger partial charge in [-0.25, -0.2) is 8.42 Å². The van der Waals surface area contributed by atoms with Crippen molar-refractivity contribution >= 4 is 43.5 Å². The number of sulfonamides is 1. The van der Waals surface area contributed by atoms with Gasteiger partial charge in [0.1, 0.15) is 12.6 Å². The molecule has 2 aromatic rings. The summed E-state index contributed by atoms with van der Waals surface area (Å²) < 4.78 is 33.0. The van der Waals surface area contributed by atoms with Gasteiger partial charge in [0.05, 0.1) is 23.1 Å². The molecular weight excluding hydrogens is 414 g/mol. The van der Waals surface area contributed by atoms with E-state index < -0.39 is 27.9 Å². The molecule has 0 spiro atoms. The number of aryl methyl sites for hydroxylation is 1. The number of benzene rings is 1. The van der Waals surface area contributed by atoms with Gasteiger partial charge in [0.15, 0.2) is 4.80 Å². The predicted octanol–water partition coefficient (Wildman–Crippen LogP) is 1.82. The molecule has 1 unspecified atom stereocenters. The van der Waals surface area contributed by atoms with E-state index in [0.29, 0.717) is 17.8 Å². The minimum Gasteiger partial charge on any atom is -0.465 e. The standard InChI is InChI=1S/C19H25N3O5S2/c1-4-27-17(23)12-21-14-9-8-13(2)11-16(14)28-19(21)20-18(24)15-7-5-6-10-22(15)29(3,25)26/h8-9,11,15H,4-7,10,12H2,1-3H3. The third-order valence-electron chi connectivity index (χ3n) is 4.80. The fraction of sp³-hybridized carbons (Fsp3) is 0.526. The fourth-order valence-corrected chi connectivity index (χ4v) is 5.72. The van der Waals surface area contributed by atoms with Crippen LogP contribution in [0.1, 0.15) is 31.7 Å². The number of carbonyl (C=O) groups excluding carboxylic acids is 2. The average molecular weight is 440 g/mol. The van der Waals surface area contributed by atoms with E-state index in [2.05, 4.69) is 4.99 Å². The molecule has 0 saturated carbocycles. The number of carbonyl (C=O) groups is 2. The summed E-state index contributed by atoms with van der Waals surface area (Å²) in [4.78, 5) is 29.6. The number of piperidine rings is 1. The highest BCUT2D eigenvalue weighted by atomic mass is 32.2. The van der Waals surface area contributed by atoms with Crippen LogP contribution in [0.5, 0.6) is 0 Å². The van der Waals surface area contributed by atoms with Crippen molar-refractivity contribution in [3.63, 3.8) is 0 Å². The number of nitrogens with zero attached hydrogens (tertiary/aromatic N) is 3. The first kappa shape index (κ1) is 21.7. The molecule has 2 heterocycles. The smallest absolute Gasteiger partial charge is 0.326 e. The van der Waals surface area contributed by atoms with Crippen LogP contribution in [-0.2, 0) is 30.9 Å². The van der Waals surface area contributed by atoms with Crippen molar-refractivity contribution in [1.82, 2.24) is 8.87 Å². The molecule has 0 aliphatic carbocycles. The molecular formula is C19H25N3O5S2. The number of ether oxygens (including phenoxy) is 1. The lowest BCUT2D eigenvalue weighted by atomic mass is 10.0. The van der Waals surface area contributed by atoms with Crippen LogP contribution in [0.15, 0.2) is 23.2 Å². The first-order valence-corrected chi connectivity index (χ1v) is 12.2. The summed E-state index contributed by atoms with van der Waals surface area (Å²) in [6.07, 6.45) is 3.05. The van der Waals surface area contributed by atoms with Crippen molar-refractivity contribution in [1.29, 1.82) is 0 Å². The van der Waals surface area contributed by atoms with Gasteiger partial charge in [-0.15, -0.1) is 0 Å². The van der Waals surface area contributed by atoms with Crippen molar-refractivity contribution in [2.45, 2.75) is 45.7 Å². The van der Waals surface area contributed by atoms with Crippen LogP contribution in [0.3, 0.4) is 0 Å². The zero-order valence-corrected chi connectivity index (χ0v) is 18.4. The molecule has 1 aliphatic rings. The van der Waals surface area contributed by atoms with E-state index in [0.717, 1.165) is 34.9 Å². The summed E-state index contributed by atoms with van der Waals surface area (Å²) in [5, 5.41) is 0. The molecule has 1 aromatic carbocycles. The summed E-state index contributed by atoms with van der Waals surface area (Å²) in [6, 6.07) is 4.97. The Hall–Kier alpha value is -2.04. The van der Waals surface area contributed by atoms with E-state index in [1.807, 2.05) is 25.1 Å². The number of thiazole rings is 1. The number of amides is 1. The second-order valence-electron chi connectivity index (χ2n) is 7.08. The Bertz CT molecular complexity index is 1100. The number of hydrogen-bond acceptors (Lipinski definition) is 6. The van der Waals surface area contributed by atoms with Crippen molar-refractivity contribution in [3.05, 3.63) is 28.6 Å². The maximum absolute atomic E-state index is 12.9. The summed E-state index contributed by atoms with van der Waals surface area (Å²) in [5.74, 6) is -0.923. The van der Waals surface area contributed by atoms with Crippen LogP contribution >= 0.6 is 11.3 Å². The Morgan fingerprint density at radius 2 is 2.07 bits per heavy atom. The monoisotopic (exact) mass is 439 g/mol. The molecule has 0 N–H and O–H groups in total. The molecule has 10 heteroatoms. The Balaban J connectivity index is 2.06. The van der Waals surface area contributed by atoms with Gasteiger partial charge in [-0.1, -0.05) is 23.8 Å². The summed E-state index contributed by atoms with van der Waals surface area (Å²) in [5.41, 5.74) is 1.83. The quantitative estimate of drug-likeness (QED) is 0.662. The SMILES string of the molecule is CCOC(=O)Cn1c(=NC(=O)C2CCCCN2S(C)(=O)=O)sc2cc(C)ccc21. The van der Waals surface area contributed by atoms with Crippen LogP contribution in [0.2, 0.25) is 0 Å². The van der Waals surface area contributed by atoms with E-state index in [4.69, 9.17) is 4.74 Å². The van der Waals surface area contributed by atoms with Gasteiger partial charge in [-0.2, -0.15) is 9.30 Å². The number of aromatic nitrogens is 1. The highest BCUT2D eigenvalue weighted by Crippen LogP contribution is 2.22. The van der Waals surface area contributed by atoms with Gasteiger partial charge in [0.25, 0.3) is 5.91 Å². The number of esters is 1. The van der Waals surface area contributed by atoms with Crippen molar-refractivity contribution in [2.75, 3.05) is 19.4 Å². The van der Waals surface area contributed by atoms with E-state index >= 15 is 0 Å². The van der Waals surface area contributed by atoms with Crippen LogP contribution in [0.25, 0.3) is 10.2 Å². The molecule has 0 bridgehead atoms. The van der Waals surface area contributed by atoms with E-state index in [-0.39, 0.29) is 13.2 Å². The minimum atomic E-state index is -3.50. The van der Waals surface area contributed by atoms with Crippen molar-refractivity contribution < 1.29 is 22.7 Å². The molecule has 158 valence electrons. The lowest BCUT2D eigenvalue weighted by Crippen LogP contribution is -2.47. The normalized spacial score (nSPS) is 18.9. The van der Waals surface area contributed by atoms with E-state index in [1.54, 1.807) is 11.5 Å². The number of fused-ring (bicyclic) bond motifs is 1.